The molecule has 0 fully saturated rings. The van der Waals surface area contributed by atoms with Crippen molar-refractivity contribution < 1.29 is 19.1 Å². The highest BCUT2D eigenvalue weighted by atomic mass is 16.5. The number of hydrogen-bond acceptors (Lipinski definition) is 6. The molecular weight excluding hydrogens is 482 g/mol. The zero-order valence-corrected chi connectivity index (χ0v) is 22.6. The van der Waals surface area contributed by atoms with Crippen LogP contribution in [0.3, 0.4) is 0 Å². The molecule has 1 atom stereocenters. The number of amides is 2. The molecule has 4 aromatic rings. The van der Waals surface area contributed by atoms with Gasteiger partial charge in [0.1, 0.15) is 18.1 Å². The van der Waals surface area contributed by atoms with Crippen LogP contribution in [0, 0.1) is 6.92 Å². The first kappa shape index (κ1) is 26.7. The molecule has 0 aliphatic heterocycles. The first-order valence-corrected chi connectivity index (χ1v) is 12.3. The largest absolute Gasteiger partial charge is 0.493 e. The third-order valence-electron chi connectivity index (χ3n) is 6.08. The summed E-state index contributed by atoms with van der Waals surface area (Å²) >= 11 is 0. The summed E-state index contributed by atoms with van der Waals surface area (Å²) in [7, 11) is 3.05. The normalized spacial score (nSPS) is 12.2. The van der Waals surface area contributed by atoms with Gasteiger partial charge >= 0.3 is 0 Å². The molecule has 0 radical (unpaired) electrons. The summed E-state index contributed by atoms with van der Waals surface area (Å²) in [6.45, 7) is 7.47. The third-order valence-corrected chi connectivity index (χ3v) is 6.08. The topological polar surface area (TPSA) is 98.6 Å². The lowest BCUT2D eigenvalue weighted by atomic mass is 9.98. The van der Waals surface area contributed by atoms with E-state index in [4.69, 9.17) is 9.47 Å². The summed E-state index contributed by atoms with van der Waals surface area (Å²) in [6.07, 6.45) is 0. The van der Waals surface area contributed by atoms with Crippen LogP contribution >= 0.6 is 0 Å². The Kier molecular flexibility index (Phi) is 7.66. The van der Waals surface area contributed by atoms with Crippen LogP contribution in [0.25, 0.3) is 11.0 Å². The van der Waals surface area contributed by atoms with E-state index in [0.717, 1.165) is 11.1 Å². The van der Waals surface area contributed by atoms with Crippen LogP contribution in [-0.4, -0.2) is 46.6 Å². The van der Waals surface area contributed by atoms with Crippen molar-refractivity contribution in [1.82, 2.24) is 20.3 Å². The molecule has 0 aliphatic rings. The molecule has 9 nitrogen and oxygen atoms in total. The van der Waals surface area contributed by atoms with E-state index in [1.54, 1.807) is 22.9 Å². The van der Waals surface area contributed by atoms with Gasteiger partial charge in [-0.3, -0.25) is 14.5 Å². The number of nitrogens with one attached hydrogen (secondary N) is 1. The van der Waals surface area contributed by atoms with E-state index in [9.17, 15) is 9.59 Å². The van der Waals surface area contributed by atoms with Crippen LogP contribution in [0.2, 0.25) is 0 Å². The predicted molar refractivity (Wildman–Crippen MR) is 146 cm³/mol. The highest BCUT2D eigenvalue weighted by Crippen LogP contribution is 2.40. The lowest BCUT2D eigenvalue weighted by Gasteiger charge is -2.35. The van der Waals surface area contributed by atoms with Gasteiger partial charge in [-0.1, -0.05) is 47.7 Å². The van der Waals surface area contributed by atoms with Crippen LogP contribution in [0.1, 0.15) is 37.9 Å². The smallest absolute Gasteiger partial charge is 0.249 e. The fraction of sp³-hybridized carbons (Fsp3) is 0.310. The molecule has 198 valence electrons. The molecule has 4 rings (SSSR count). The van der Waals surface area contributed by atoms with E-state index < -0.39 is 11.6 Å². The van der Waals surface area contributed by atoms with Crippen molar-refractivity contribution >= 4 is 28.5 Å². The van der Waals surface area contributed by atoms with Crippen molar-refractivity contribution in [2.24, 2.45) is 0 Å². The fourth-order valence-electron chi connectivity index (χ4n) is 4.45. The minimum Gasteiger partial charge on any atom is -0.493 e. The molecular formula is C29H33N5O4. The van der Waals surface area contributed by atoms with E-state index in [2.05, 4.69) is 15.6 Å². The predicted octanol–water partition coefficient (Wildman–Crippen LogP) is 4.45. The average molecular weight is 516 g/mol. The van der Waals surface area contributed by atoms with Gasteiger partial charge in [0, 0.05) is 16.8 Å². The number of carbonyl (C=O) groups excluding carboxylic acids is 2. The summed E-state index contributed by atoms with van der Waals surface area (Å²) in [5.41, 5.74) is 2.78. The monoisotopic (exact) mass is 515 g/mol. The maximum Gasteiger partial charge on any atom is 0.249 e. The summed E-state index contributed by atoms with van der Waals surface area (Å²) in [5.74, 6) is 0.137. The van der Waals surface area contributed by atoms with Gasteiger partial charge in [0.15, 0.2) is 11.5 Å². The molecule has 1 N–H and O–H groups in total. The molecule has 1 heterocycles. The number of para-hydroxylation sites is 3. The number of anilines is 1. The maximum absolute atomic E-state index is 14.2. The highest BCUT2D eigenvalue weighted by molar-refractivity contribution is 6.02. The minimum atomic E-state index is -1.07. The first-order chi connectivity index (χ1) is 18.1. The zero-order chi connectivity index (χ0) is 27.4. The van der Waals surface area contributed by atoms with Gasteiger partial charge < -0.3 is 14.8 Å². The van der Waals surface area contributed by atoms with E-state index in [0.29, 0.717) is 28.3 Å². The Hall–Kier alpha value is -4.40. The number of methoxy groups -OCH3 is 2. The third kappa shape index (κ3) is 5.46. The van der Waals surface area contributed by atoms with Crippen molar-refractivity contribution in [1.29, 1.82) is 0 Å². The molecule has 38 heavy (non-hydrogen) atoms. The molecule has 0 aliphatic carbocycles. The van der Waals surface area contributed by atoms with E-state index in [1.165, 1.54) is 19.1 Å². The van der Waals surface area contributed by atoms with Crippen molar-refractivity contribution in [2.75, 3.05) is 19.1 Å². The van der Waals surface area contributed by atoms with Crippen molar-refractivity contribution in [2.45, 2.75) is 45.8 Å². The summed E-state index contributed by atoms with van der Waals surface area (Å²) < 4.78 is 12.8. The Balaban J connectivity index is 1.91. The molecule has 0 saturated heterocycles. The van der Waals surface area contributed by atoms with Crippen LogP contribution in [0.5, 0.6) is 11.5 Å². The number of aryl methyl sites for hydroxylation is 1. The van der Waals surface area contributed by atoms with Crippen LogP contribution in [0.15, 0.2) is 66.7 Å². The fourth-order valence-corrected chi connectivity index (χ4v) is 4.45. The summed E-state index contributed by atoms with van der Waals surface area (Å²) in [5, 5.41) is 11.4. The van der Waals surface area contributed by atoms with Crippen LogP contribution < -0.4 is 19.7 Å². The Bertz CT molecular complexity index is 1460. The Morgan fingerprint density at radius 1 is 0.974 bits per heavy atom. The molecule has 0 unspecified atom stereocenters. The minimum absolute atomic E-state index is 0.125. The highest BCUT2D eigenvalue weighted by Gasteiger charge is 2.37. The Morgan fingerprint density at radius 3 is 2.37 bits per heavy atom. The molecule has 0 saturated carbocycles. The number of rotatable bonds is 8. The number of fused-ring (bicyclic) bond motifs is 1. The van der Waals surface area contributed by atoms with E-state index in [-0.39, 0.29) is 18.4 Å². The van der Waals surface area contributed by atoms with Gasteiger partial charge in [0.05, 0.1) is 19.7 Å². The molecule has 0 bridgehead atoms. The second-order valence-corrected chi connectivity index (χ2v) is 10.0. The van der Waals surface area contributed by atoms with Crippen molar-refractivity contribution in [3.05, 3.63) is 77.9 Å². The maximum atomic E-state index is 14.2. The number of aromatic nitrogens is 3. The first-order valence-electron chi connectivity index (χ1n) is 12.3. The zero-order valence-electron chi connectivity index (χ0n) is 22.6. The van der Waals surface area contributed by atoms with Crippen molar-refractivity contribution in [3.63, 3.8) is 0 Å². The quantitative estimate of drug-likeness (QED) is 0.372. The second kappa shape index (κ2) is 10.9. The van der Waals surface area contributed by atoms with Gasteiger partial charge in [-0.05, 0) is 57.5 Å². The number of benzene rings is 3. The van der Waals surface area contributed by atoms with E-state index >= 15 is 0 Å². The molecule has 0 spiro atoms. The Labute approximate surface area is 222 Å². The Morgan fingerprint density at radius 2 is 1.68 bits per heavy atom. The van der Waals surface area contributed by atoms with Crippen LogP contribution in [0.4, 0.5) is 5.69 Å². The van der Waals surface area contributed by atoms with Gasteiger partial charge in [0.2, 0.25) is 11.8 Å². The average Bonchev–Trinajstić information content (AvgIpc) is 3.28. The number of nitrogens with zero attached hydrogens (tertiary/aromatic N) is 4. The number of ether oxygens (including phenoxy) is 2. The standard InChI is InChI=1S/C29H33N5O4/c1-19-12-7-9-15-22(19)34(25(35)18-33-23-16-10-8-14-21(23)31-32-33)26(28(36)30-29(2,3)4)20-13-11-17-24(37-5)27(20)38-6/h7-17,26H,18H2,1-6H3,(H,30,36)/t26-/m0/s1. The molecule has 3 aromatic carbocycles. The summed E-state index contributed by atoms with van der Waals surface area (Å²) in [6, 6.07) is 19.1. The SMILES string of the molecule is COc1cccc([C@@H](C(=O)NC(C)(C)C)N(C(=O)Cn2nnc3ccccc32)c2ccccc2C)c1OC. The number of carbonyl (C=O) groups is 2. The van der Waals surface area contributed by atoms with Gasteiger partial charge in [-0.2, -0.15) is 0 Å². The van der Waals surface area contributed by atoms with E-state index in [1.807, 2.05) is 76.2 Å². The second-order valence-electron chi connectivity index (χ2n) is 10.0. The lowest BCUT2D eigenvalue weighted by Crippen LogP contribution is -2.50. The van der Waals surface area contributed by atoms with Crippen LogP contribution in [-0.2, 0) is 16.1 Å². The van der Waals surface area contributed by atoms with Gasteiger partial charge in [0.25, 0.3) is 0 Å². The van der Waals surface area contributed by atoms with Gasteiger partial charge in [-0.15, -0.1) is 5.10 Å². The molecule has 2 amide bonds. The summed E-state index contributed by atoms with van der Waals surface area (Å²) in [4.78, 5) is 29.8. The molecule has 1 aromatic heterocycles. The number of hydrogen-bond donors (Lipinski definition) is 1. The van der Waals surface area contributed by atoms with Crippen molar-refractivity contribution in [3.8, 4) is 11.5 Å². The van der Waals surface area contributed by atoms with Gasteiger partial charge in [-0.25, -0.2) is 4.68 Å². The lowest BCUT2D eigenvalue weighted by molar-refractivity contribution is -0.128. The molecule has 9 heteroatoms.